The molecule has 4 aliphatic heterocycles. The van der Waals surface area contributed by atoms with Crippen molar-refractivity contribution in [2.45, 2.75) is 140 Å². The lowest BCUT2D eigenvalue weighted by molar-refractivity contribution is 0.0123. The number of hydrogen-bond acceptors (Lipinski definition) is 9. The van der Waals surface area contributed by atoms with Crippen LogP contribution in [0.4, 0.5) is 19.3 Å². The maximum Gasteiger partial charge on any atom is 0.410 e. The lowest BCUT2D eigenvalue weighted by Gasteiger charge is -2.42. The van der Waals surface area contributed by atoms with Crippen molar-refractivity contribution in [1.82, 2.24) is 19.8 Å². The predicted molar refractivity (Wildman–Crippen MR) is 249 cm³/mol. The third-order valence-electron chi connectivity index (χ3n) is 14.2. The highest BCUT2D eigenvalue weighted by molar-refractivity contribution is 6.90. The van der Waals surface area contributed by atoms with Crippen molar-refractivity contribution >= 4 is 41.7 Å². The molecule has 0 radical (unpaired) electrons. The number of aromatic nitrogens is 2. The molecule has 0 unspecified atom stereocenters. The summed E-state index contributed by atoms with van der Waals surface area (Å²) in [4.78, 5) is 30.2. The van der Waals surface area contributed by atoms with Gasteiger partial charge in [-0.2, -0.15) is 0 Å². The van der Waals surface area contributed by atoms with Crippen molar-refractivity contribution in [1.29, 1.82) is 0 Å². The minimum absolute atomic E-state index is 0.0316. The van der Waals surface area contributed by atoms with Crippen LogP contribution in [0.15, 0.2) is 42.6 Å². The number of hydrogen-bond donors (Lipinski definition) is 0. The molecule has 4 aliphatic rings. The van der Waals surface area contributed by atoms with E-state index in [0.717, 1.165) is 43.3 Å². The molecular weight excluding hydrogens is 817 g/mol. The summed E-state index contributed by atoms with van der Waals surface area (Å²) < 4.78 is 55.1. The van der Waals surface area contributed by atoms with Crippen molar-refractivity contribution < 1.29 is 32.5 Å². The molecule has 2 aromatic heterocycles. The van der Waals surface area contributed by atoms with Crippen molar-refractivity contribution in [2.24, 2.45) is 0 Å². The Balaban J connectivity index is 1.26. The first-order valence-electron chi connectivity index (χ1n) is 22.9. The molecule has 63 heavy (non-hydrogen) atoms. The van der Waals surface area contributed by atoms with Gasteiger partial charge in [0.15, 0.2) is 6.79 Å². The van der Waals surface area contributed by atoms with E-state index in [4.69, 9.17) is 28.9 Å². The van der Waals surface area contributed by atoms with Crippen molar-refractivity contribution in [3.05, 3.63) is 54.0 Å². The molecule has 13 heteroatoms. The van der Waals surface area contributed by atoms with Gasteiger partial charge in [-0.1, -0.05) is 53.5 Å². The van der Waals surface area contributed by atoms with Crippen LogP contribution in [0.2, 0.25) is 16.6 Å². The van der Waals surface area contributed by atoms with Gasteiger partial charge in [0.05, 0.1) is 34.4 Å². The van der Waals surface area contributed by atoms with E-state index >= 15 is 4.39 Å². The van der Waals surface area contributed by atoms with Gasteiger partial charge >= 0.3 is 6.09 Å². The molecule has 10 nitrogen and oxygen atoms in total. The van der Waals surface area contributed by atoms with Crippen molar-refractivity contribution in [2.75, 3.05) is 51.6 Å². The number of carbonyl (C=O) groups excluding carboxylic acids is 1. The van der Waals surface area contributed by atoms with Gasteiger partial charge in [-0.15, -0.1) is 5.54 Å². The van der Waals surface area contributed by atoms with E-state index in [1.807, 2.05) is 56.1 Å². The molecule has 0 saturated carbocycles. The number of nitrogens with zero attached hydrogens (tertiary/aromatic N) is 5. The van der Waals surface area contributed by atoms with E-state index in [-0.39, 0.29) is 36.3 Å². The highest BCUT2D eigenvalue weighted by Crippen LogP contribution is 2.44. The number of alkyl halides is 1. The van der Waals surface area contributed by atoms with Crippen LogP contribution in [0.1, 0.15) is 100.0 Å². The van der Waals surface area contributed by atoms with E-state index in [0.29, 0.717) is 94.0 Å². The fourth-order valence-electron chi connectivity index (χ4n) is 11.5. The Labute approximate surface area is 373 Å². The molecule has 1 amide bonds. The second kappa shape index (κ2) is 17.5. The SMILES string of the molecule is COCOc1cc(-c2cnc3c(N4C[C@H]5CC[C@@H](C4)N5C(=O)OC(C)(C)C)cc(OC[C@@]45CCCN4C[C@H](F)C5)nc3c2)c2c(C#C[Si](C(C)C)(C(C)C)C(C)C)c(F)ccc2c1. The average molecular weight is 882 g/mol. The molecule has 6 heterocycles. The summed E-state index contributed by atoms with van der Waals surface area (Å²) in [6.45, 7) is 22.1. The smallest absolute Gasteiger partial charge is 0.410 e. The fraction of sp³-hybridized carbons (Fsp3) is 0.580. The monoisotopic (exact) mass is 881 g/mol. The minimum atomic E-state index is -2.23. The van der Waals surface area contributed by atoms with E-state index in [9.17, 15) is 9.18 Å². The van der Waals surface area contributed by atoms with Crippen LogP contribution in [0, 0.1) is 17.3 Å². The number of ether oxygens (including phenoxy) is 4. The van der Waals surface area contributed by atoms with Crippen LogP contribution in [0.25, 0.3) is 32.9 Å². The standard InChI is InChI=1S/C50H65F2N5O5Si/c1-31(2)63(32(3)4,33(5)6)19-16-40-42(52)15-12-34-20-39(61-30-59-10)22-41(46(34)40)35-21-43-47(53-25-35)44(23-45(54-43)60-29-50-17-11-18-56(50)26-36(51)24-50)55-27-37-13-14-38(28-55)57(37)48(58)62-49(7,8)9/h12,15,20-23,25,31-33,36-38H,11,13-14,17-18,24,26-30H2,1-10H3/t36-,37-,38+,50+/m1/s1. The van der Waals surface area contributed by atoms with Gasteiger partial charge < -0.3 is 23.8 Å². The third kappa shape index (κ3) is 8.60. The zero-order valence-electron chi connectivity index (χ0n) is 38.8. The first-order valence-corrected chi connectivity index (χ1v) is 25.2. The third-order valence-corrected chi connectivity index (χ3v) is 20.5. The zero-order chi connectivity index (χ0) is 45.0. The van der Waals surface area contributed by atoms with Crippen LogP contribution in [-0.4, -0.2) is 110 Å². The van der Waals surface area contributed by atoms with Gasteiger partial charge in [0.1, 0.15) is 43.5 Å². The number of methoxy groups -OCH3 is 1. The van der Waals surface area contributed by atoms with Crippen LogP contribution < -0.4 is 14.4 Å². The molecule has 2 bridgehead atoms. The van der Waals surface area contributed by atoms with Gasteiger partial charge in [0.2, 0.25) is 5.88 Å². The second-order valence-corrected chi connectivity index (χ2v) is 25.9. The molecule has 0 N–H and O–H groups in total. The summed E-state index contributed by atoms with van der Waals surface area (Å²) in [6.07, 6.45) is 4.74. The Kier molecular flexibility index (Phi) is 12.5. The zero-order valence-corrected chi connectivity index (χ0v) is 39.8. The second-order valence-electron chi connectivity index (χ2n) is 20.3. The highest BCUT2D eigenvalue weighted by Gasteiger charge is 2.50. The lowest BCUT2D eigenvalue weighted by atomic mass is 9.94. The Morgan fingerprint density at radius 3 is 2.37 bits per heavy atom. The molecule has 338 valence electrons. The van der Waals surface area contributed by atoms with Gasteiger partial charge in [-0.25, -0.2) is 18.6 Å². The number of fused-ring (bicyclic) bond motifs is 5. The molecule has 4 aromatic rings. The molecular formula is C50H65F2N5O5Si. The average Bonchev–Trinajstić information content (AvgIpc) is 3.84. The van der Waals surface area contributed by atoms with E-state index in [1.165, 1.54) is 6.07 Å². The Morgan fingerprint density at radius 2 is 1.70 bits per heavy atom. The highest BCUT2D eigenvalue weighted by atomic mass is 28.3. The number of anilines is 1. The normalized spacial score (nSPS) is 22.7. The first-order chi connectivity index (χ1) is 29.9. The molecule has 0 aliphatic carbocycles. The summed E-state index contributed by atoms with van der Waals surface area (Å²) in [6, 6.07) is 11.0. The van der Waals surface area contributed by atoms with Gasteiger partial charge in [0, 0.05) is 56.4 Å². The summed E-state index contributed by atoms with van der Waals surface area (Å²) in [5.74, 6) is 4.07. The number of piperazine rings is 1. The van der Waals surface area contributed by atoms with Gasteiger partial charge in [-0.3, -0.25) is 14.8 Å². The summed E-state index contributed by atoms with van der Waals surface area (Å²) in [7, 11) is -0.657. The topological polar surface area (TPSA) is 89.5 Å². The molecule has 4 atom stereocenters. The maximum atomic E-state index is 16.4. The summed E-state index contributed by atoms with van der Waals surface area (Å²) >= 11 is 0. The van der Waals surface area contributed by atoms with Gasteiger partial charge in [0.25, 0.3) is 0 Å². The molecule has 2 aromatic carbocycles. The number of benzene rings is 2. The Morgan fingerprint density at radius 1 is 0.984 bits per heavy atom. The van der Waals surface area contributed by atoms with Crippen LogP contribution >= 0.6 is 0 Å². The molecule has 8 rings (SSSR count). The molecule has 0 spiro atoms. The van der Waals surface area contributed by atoms with E-state index in [2.05, 4.69) is 62.8 Å². The quantitative estimate of drug-likeness (QED) is 0.0830. The summed E-state index contributed by atoms with van der Waals surface area (Å²) in [5, 5.41) is 1.46. The predicted octanol–water partition coefficient (Wildman–Crippen LogP) is 10.7. The largest absolute Gasteiger partial charge is 0.476 e. The van der Waals surface area contributed by atoms with Crippen molar-refractivity contribution in [3.8, 4) is 34.2 Å². The number of carbonyl (C=O) groups is 1. The van der Waals surface area contributed by atoms with Crippen molar-refractivity contribution in [3.63, 3.8) is 0 Å². The number of halogens is 2. The number of amides is 1. The van der Waals surface area contributed by atoms with Gasteiger partial charge in [-0.05, 0) is 105 Å². The van der Waals surface area contributed by atoms with Crippen LogP contribution in [0.3, 0.4) is 0 Å². The minimum Gasteiger partial charge on any atom is -0.476 e. The Bertz CT molecular complexity index is 2390. The fourth-order valence-corrected chi connectivity index (χ4v) is 16.7. The molecule has 4 fully saturated rings. The van der Waals surface area contributed by atoms with E-state index in [1.54, 1.807) is 13.2 Å². The van der Waals surface area contributed by atoms with Crippen LogP contribution in [-0.2, 0) is 9.47 Å². The Hall–Kier alpha value is -4.51. The maximum absolute atomic E-state index is 16.4. The first kappa shape index (κ1) is 45.1. The summed E-state index contributed by atoms with van der Waals surface area (Å²) in [5.41, 5.74) is 7.84. The van der Waals surface area contributed by atoms with Crippen LogP contribution in [0.5, 0.6) is 11.6 Å². The number of rotatable bonds is 11. The number of pyridine rings is 2. The lowest BCUT2D eigenvalue weighted by Crippen LogP contribution is -2.56. The van der Waals surface area contributed by atoms with E-state index < -0.39 is 19.8 Å². The molecule has 4 saturated heterocycles.